The Morgan fingerprint density at radius 2 is 2.00 bits per heavy atom. The van der Waals surface area contributed by atoms with Gasteiger partial charge in [0.1, 0.15) is 5.02 Å². The number of hydrogen-bond acceptors (Lipinski definition) is 5. The van der Waals surface area contributed by atoms with Gasteiger partial charge in [0.05, 0.1) is 6.20 Å². The van der Waals surface area contributed by atoms with Crippen molar-refractivity contribution in [1.29, 1.82) is 0 Å². The van der Waals surface area contributed by atoms with Crippen LogP contribution in [0, 0.1) is 0 Å². The summed E-state index contributed by atoms with van der Waals surface area (Å²) in [6.07, 6.45) is 1.65. The van der Waals surface area contributed by atoms with Crippen LogP contribution in [-0.4, -0.2) is 55.1 Å². The van der Waals surface area contributed by atoms with E-state index in [1.165, 1.54) is 0 Å². The molecule has 1 aliphatic heterocycles. The molecule has 0 amide bonds. The molecular formula is C10H16ClN5. The first-order valence-corrected chi connectivity index (χ1v) is 5.72. The molecule has 1 aliphatic rings. The fourth-order valence-corrected chi connectivity index (χ4v) is 1.93. The van der Waals surface area contributed by atoms with Crippen molar-refractivity contribution < 1.29 is 0 Å². The first-order chi connectivity index (χ1) is 7.70. The Labute approximate surface area is 100 Å². The number of piperazine rings is 1. The average molecular weight is 242 g/mol. The Morgan fingerprint density at radius 1 is 1.31 bits per heavy atom. The van der Waals surface area contributed by atoms with E-state index < -0.39 is 0 Å². The highest BCUT2D eigenvalue weighted by molar-refractivity contribution is 6.32. The van der Waals surface area contributed by atoms with Crippen molar-refractivity contribution in [1.82, 2.24) is 14.9 Å². The van der Waals surface area contributed by atoms with Gasteiger partial charge in [0.15, 0.2) is 5.82 Å². The van der Waals surface area contributed by atoms with Crippen LogP contribution in [-0.2, 0) is 0 Å². The summed E-state index contributed by atoms with van der Waals surface area (Å²) in [5.41, 5.74) is 0. The summed E-state index contributed by atoms with van der Waals surface area (Å²) in [5.74, 6) is 1.44. The van der Waals surface area contributed by atoms with Crippen molar-refractivity contribution in [3.8, 4) is 0 Å². The lowest BCUT2D eigenvalue weighted by atomic mass is 10.3. The van der Waals surface area contributed by atoms with E-state index in [1.54, 1.807) is 13.2 Å². The van der Waals surface area contributed by atoms with E-state index >= 15 is 0 Å². The second kappa shape index (κ2) is 4.84. The molecule has 1 aromatic heterocycles. The topological polar surface area (TPSA) is 44.3 Å². The number of nitrogens with one attached hydrogen (secondary N) is 1. The van der Waals surface area contributed by atoms with Crippen LogP contribution in [0.2, 0.25) is 5.02 Å². The van der Waals surface area contributed by atoms with Crippen molar-refractivity contribution in [2.24, 2.45) is 0 Å². The van der Waals surface area contributed by atoms with Gasteiger partial charge >= 0.3 is 0 Å². The largest absolute Gasteiger partial charge is 0.357 e. The number of aromatic nitrogens is 2. The predicted molar refractivity (Wildman–Crippen MR) is 66.3 cm³/mol. The monoisotopic (exact) mass is 241 g/mol. The molecule has 0 atom stereocenters. The third-order valence-electron chi connectivity index (χ3n) is 2.75. The standard InChI is InChI=1S/C10H16ClN5/c1-12-10-13-7-8(11)9(14-10)16-5-3-15(2)4-6-16/h7H,3-6H2,1-2H3,(H,12,13,14). The normalized spacial score (nSPS) is 17.6. The minimum atomic E-state index is 0.610. The lowest BCUT2D eigenvalue weighted by Gasteiger charge is -2.33. The molecule has 2 rings (SSSR count). The van der Waals surface area contributed by atoms with Gasteiger partial charge < -0.3 is 15.1 Å². The van der Waals surface area contributed by atoms with Crippen molar-refractivity contribution in [3.63, 3.8) is 0 Å². The number of hydrogen-bond donors (Lipinski definition) is 1. The van der Waals surface area contributed by atoms with E-state index in [2.05, 4.69) is 32.1 Å². The van der Waals surface area contributed by atoms with Crippen LogP contribution >= 0.6 is 11.6 Å². The molecule has 5 nitrogen and oxygen atoms in total. The minimum absolute atomic E-state index is 0.610. The predicted octanol–water partition coefficient (Wildman–Crippen LogP) is 0.923. The fourth-order valence-electron chi connectivity index (χ4n) is 1.72. The number of anilines is 2. The molecule has 6 heteroatoms. The van der Waals surface area contributed by atoms with Gasteiger partial charge in [-0.2, -0.15) is 4.98 Å². The molecule has 1 N–H and O–H groups in total. The van der Waals surface area contributed by atoms with Gasteiger partial charge in [-0.15, -0.1) is 0 Å². The lowest BCUT2D eigenvalue weighted by molar-refractivity contribution is 0.312. The lowest BCUT2D eigenvalue weighted by Crippen LogP contribution is -2.45. The van der Waals surface area contributed by atoms with E-state index in [0.29, 0.717) is 11.0 Å². The highest BCUT2D eigenvalue weighted by atomic mass is 35.5. The first kappa shape index (κ1) is 11.4. The summed E-state index contributed by atoms with van der Waals surface area (Å²) < 4.78 is 0. The zero-order valence-corrected chi connectivity index (χ0v) is 10.3. The molecular weight excluding hydrogens is 226 g/mol. The molecule has 0 aromatic carbocycles. The van der Waals surface area contributed by atoms with Gasteiger partial charge in [-0.05, 0) is 7.05 Å². The Hall–Kier alpha value is -1.07. The molecule has 1 aromatic rings. The summed E-state index contributed by atoms with van der Waals surface area (Å²) in [4.78, 5) is 13.0. The van der Waals surface area contributed by atoms with Crippen LogP contribution in [0.5, 0.6) is 0 Å². The molecule has 1 fully saturated rings. The molecule has 0 bridgehead atoms. The summed E-state index contributed by atoms with van der Waals surface area (Å²) >= 11 is 6.11. The molecule has 0 radical (unpaired) electrons. The van der Waals surface area contributed by atoms with E-state index in [9.17, 15) is 0 Å². The zero-order chi connectivity index (χ0) is 11.5. The van der Waals surface area contributed by atoms with Crippen molar-refractivity contribution in [2.45, 2.75) is 0 Å². The molecule has 0 saturated carbocycles. The Morgan fingerprint density at radius 3 is 2.62 bits per heavy atom. The summed E-state index contributed by atoms with van der Waals surface area (Å²) in [5, 5.41) is 3.54. The van der Waals surface area contributed by atoms with E-state index in [4.69, 9.17) is 11.6 Å². The molecule has 0 aliphatic carbocycles. The molecule has 2 heterocycles. The van der Waals surface area contributed by atoms with Gasteiger partial charge in [-0.3, -0.25) is 0 Å². The van der Waals surface area contributed by atoms with Crippen LogP contribution in [0.3, 0.4) is 0 Å². The fraction of sp³-hybridized carbons (Fsp3) is 0.600. The van der Waals surface area contributed by atoms with Crippen LogP contribution < -0.4 is 10.2 Å². The summed E-state index contributed by atoms with van der Waals surface area (Å²) in [6.45, 7) is 3.98. The second-order valence-electron chi connectivity index (χ2n) is 3.91. The maximum absolute atomic E-state index is 6.11. The number of likely N-dealkylation sites (N-methyl/N-ethyl adjacent to an activating group) is 1. The second-order valence-corrected chi connectivity index (χ2v) is 4.31. The van der Waals surface area contributed by atoms with Gasteiger partial charge in [0.25, 0.3) is 0 Å². The molecule has 88 valence electrons. The van der Waals surface area contributed by atoms with E-state index in [0.717, 1.165) is 32.0 Å². The van der Waals surface area contributed by atoms with Crippen LogP contribution in [0.4, 0.5) is 11.8 Å². The molecule has 0 spiro atoms. The maximum Gasteiger partial charge on any atom is 0.224 e. The zero-order valence-electron chi connectivity index (χ0n) is 9.57. The van der Waals surface area contributed by atoms with E-state index in [-0.39, 0.29) is 0 Å². The summed E-state index contributed by atoms with van der Waals surface area (Å²) in [6, 6.07) is 0. The Bertz CT molecular complexity index is 362. The van der Waals surface area contributed by atoms with Crippen LogP contribution in [0.1, 0.15) is 0 Å². The highest BCUT2D eigenvalue weighted by Crippen LogP contribution is 2.24. The van der Waals surface area contributed by atoms with Crippen molar-refractivity contribution >= 4 is 23.4 Å². The number of rotatable bonds is 2. The summed E-state index contributed by atoms with van der Waals surface area (Å²) in [7, 11) is 3.93. The smallest absolute Gasteiger partial charge is 0.224 e. The quantitative estimate of drug-likeness (QED) is 0.835. The molecule has 0 unspecified atom stereocenters. The van der Waals surface area contributed by atoms with Gasteiger partial charge in [-0.25, -0.2) is 4.98 Å². The maximum atomic E-state index is 6.11. The third-order valence-corrected chi connectivity index (χ3v) is 3.02. The Kier molecular flexibility index (Phi) is 3.46. The average Bonchev–Trinajstić information content (AvgIpc) is 2.31. The molecule has 1 saturated heterocycles. The first-order valence-electron chi connectivity index (χ1n) is 5.34. The highest BCUT2D eigenvalue weighted by Gasteiger charge is 2.18. The Balaban J connectivity index is 2.19. The van der Waals surface area contributed by atoms with Crippen LogP contribution in [0.15, 0.2) is 6.20 Å². The van der Waals surface area contributed by atoms with Gasteiger partial charge in [0, 0.05) is 33.2 Å². The third kappa shape index (κ3) is 2.36. The SMILES string of the molecule is CNc1ncc(Cl)c(N2CCN(C)CC2)n1. The van der Waals surface area contributed by atoms with Crippen LogP contribution in [0.25, 0.3) is 0 Å². The van der Waals surface area contributed by atoms with Gasteiger partial charge in [-0.1, -0.05) is 11.6 Å². The van der Waals surface area contributed by atoms with Crippen molar-refractivity contribution in [2.75, 3.05) is 50.5 Å². The van der Waals surface area contributed by atoms with Crippen molar-refractivity contribution in [3.05, 3.63) is 11.2 Å². The van der Waals surface area contributed by atoms with E-state index in [1.807, 2.05) is 0 Å². The minimum Gasteiger partial charge on any atom is -0.357 e. The van der Waals surface area contributed by atoms with Gasteiger partial charge in [0.2, 0.25) is 5.95 Å². The number of nitrogens with zero attached hydrogens (tertiary/aromatic N) is 4. The molecule has 16 heavy (non-hydrogen) atoms. The number of halogens is 1.